The van der Waals surface area contributed by atoms with Gasteiger partial charge in [-0.1, -0.05) is 0 Å². The van der Waals surface area contributed by atoms with Gasteiger partial charge in [0.25, 0.3) is 0 Å². The van der Waals surface area contributed by atoms with E-state index >= 15 is 0 Å². The molecule has 1 aliphatic rings. The Morgan fingerprint density at radius 2 is 2.05 bits per heavy atom. The normalized spacial score (nSPS) is 16.1. The molecule has 0 radical (unpaired) electrons. The average Bonchev–Trinajstić information content (AvgIpc) is 2.37. The number of nitrogens with zero attached hydrogens (tertiary/aromatic N) is 1. The number of aryl methyl sites for hydroxylation is 1. The number of ether oxygens (including phenoxy) is 2. The van der Waals surface area contributed by atoms with Gasteiger partial charge in [-0.15, -0.1) is 0 Å². The number of hydrogen-bond donors (Lipinski definition) is 2. The molecular formula is C13H17N3O3. The highest BCUT2D eigenvalue weighted by Gasteiger charge is 2.14. The summed E-state index contributed by atoms with van der Waals surface area (Å²) in [7, 11) is 0. The Hall–Kier alpha value is -2.08. The first-order chi connectivity index (χ1) is 9.16. The Kier molecular flexibility index (Phi) is 4.35. The van der Waals surface area contributed by atoms with Gasteiger partial charge in [-0.25, -0.2) is 9.79 Å². The number of guanidine groups is 1. The Morgan fingerprint density at radius 3 is 2.84 bits per heavy atom. The second-order valence-corrected chi connectivity index (χ2v) is 4.23. The van der Waals surface area contributed by atoms with Crippen LogP contribution in [0.3, 0.4) is 0 Å². The molecule has 0 bridgehead atoms. The predicted molar refractivity (Wildman–Crippen MR) is 71.3 cm³/mol. The lowest BCUT2D eigenvalue weighted by atomic mass is 10.0. The van der Waals surface area contributed by atoms with Gasteiger partial charge in [-0.3, -0.25) is 0 Å². The first-order valence-electron chi connectivity index (χ1n) is 6.14. The summed E-state index contributed by atoms with van der Waals surface area (Å²) < 4.78 is 10.4. The van der Waals surface area contributed by atoms with E-state index in [4.69, 9.17) is 20.9 Å². The fraction of sp³-hybridized carbons (Fsp3) is 0.385. The first-order valence-corrected chi connectivity index (χ1v) is 6.14. The molecule has 1 aliphatic heterocycles. The summed E-state index contributed by atoms with van der Waals surface area (Å²) in [5.74, 6) is -0.345. The largest absolute Gasteiger partial charge is 0.460 e. The second-order valence-electron chi connectivity index (χ2n) is 4.23. The number of carbonyl (C=O) groups excluding carboxylic acids is 1. The molecule has 0 saturated carbocycles. The van der Waals surface area contributed by atoms with Crippen LogP contribution in [0.25, 0.3) is 0 Å². The van der Waals surface area contributed by atoms with E-state index in [1.165, 1.54) is 0 Å². The van der Waals surface area contributed by atoms with Crippen molar-refractivity contribution in [3.63, 3.8) is 0 Å². The van der Waals surface area contributed by atoms with Gasteiger partial charge in [0, 0.05) is 6.61 Å². The van der Waals surface area contributed by atoms with Crippen molar-refractivity contribution >= 4 is 17.6 Å². The number of benzene rings is 1. The smallest absolute Gasteiger partial charge is 0.338 e. The molecule has 1 aromatic carbocycles. The molecule has 4 N–H and O–H groups in total. The molecule has 0 aliphatic carbocycles. The summed E-state index contributed by atoms with van der Waals surface area (Å²) in [5, 5.41) is 0. The van der Waals surface area contributed by atoms with E-state index in [1.54, 1.807) is 18.2 Å². The molecule has 0 spiro atoms. The third kappa shape index (κ3) is 3.69. The lowest BCUT2D eigenvalue weighted by Crippen LogP contribution is -2.22. The maximum atomic E-state index is 11.9. The quantitative estimate of drug-likeness (QED) is 0.441. The molecule has 1 aromatic rings. The first kappa shape index (κ1) is 13.4. The van der Waals surface area contributed by atoms with Gasteiger partial charge in [0.05, 0.1) is 17.9 Å². The summed E-state index contributed by atoms with van der Waals surface area (Å²) in [4.78, 5) is 15.9. The topological polar surface area (TPSA) is 99.9 Å². The Balaban J connectivity index is 2.32. The average molecular weight is 263 g/mol. The van der Waals surface area contributed by atoms with Crippen molar-refractivity contribution in [3.8, 4) is 0 Å². The zero-order chi connectivity index (χ0) is 13.7. The van der Waals surface area contributed by atoms with Crippen LogP contribution in [0.4, 0.5) is 5.69 Å². The van der Waals surface area contributed by atoms with Gasteiger partial charge in [0.2, 0.25) is 0 Å². The van der Waals surface area contributed by atoms with E-state index in [0.29, 0.717) is 24.5 Å². The molecule has 2 rings (SSSR count). The predicted octanol–water partition coefficient (Wildman–Crippen LogP) is 0.711. The number of rotatable bonds is 1. The molecule has 6 heteroatoms. The van der Waals surface area contributed by atoms with Crippen molar-refractivity contribution in [2.45, 2.75) is 12.8 Å². The van der Waals surface area contributed by atoms with Crippen LogP contribution in [-0.4, -0.2) is 31.7 Å². The second kappa shape index (κ2) is 6.19. The van der Waals surface area contributed by atoms with Crippen molar-refractivity contribution in [3.05, 3.63) is 29.3 Å². The highest BCUT2D eigenvalue weighted by Crippen LogP contribution is 2.21. The number of fused-ring (bicyclic) bond motifs is 1. The third-order valence-corrected chi connectivity index (χ3v) is 2.76. The molecule has 0 aromatic heterocycles. The van der Waals surface area contributed by atoms with E-state index in [1.807, 2.05) is 0 Å². The number of nitrogens with two attached hydrogens (primary N) is 2. The fourth-order valence-corrected chi connectivity index (χ4v) is 1.94. The van der Waals surface area contributed by atoms with Crippen molar-refractivity contribution in [2.24, 2.45) is 16.5 Å². The SMILES string of the molecule is NC(N)=Nc1ccc2c(c1)CCCOCCOC2=O. The van der Waals surface area contributed by atoms with Gasteiger partial charge in [0.15, 0.2) is 5.96 Å². The van der Waals surface area contributed by atoms with Crippen LogP contribution in [0.1, 0.15) is 22.3 Å². The van der Waals surface area contributed by atoms with Crippen molar-refractivity contribution in [1.29, 1.82) is 0 Å². The van der Waals surface area contributed by atoms with Gasteiger partial charge in [-0.05, 0) is 36.6 Å². The number of esters is 1. The highest BCUT2D eigenvalue weighted by molar-refractivity contribution is 5.92. The maximum Gasteiger partial charge on any atom is 0.338 e. The van der Waals surface area contributed by atoms with Crippen LogP contribution >= 0.6 is 0 Å². The summed E-state index contributed by atoms with van der Waals surface area (Å²) in [6.45, 7) is 1.35. The van der Waals surface area contributed by atoms with Crippen LogP contribution in [0.5, 0.6) is 0 Å². The van der Waals surface area contributed by atoms with Gasteiger partial charge >= 0.3 is 5.97 Å². The number of hydrogen-bond acceptors (Lipinski definition) is 4. The van der Waals surface area contributed by atoms with E-state index in [-0.39, 0.29) is 18.5 Å². The Morgan fingerprint density at radius 1 is 1.21 bits per heavy atom. The van der Waals surface area contributed by atoms with Crippen LogP contribution in [-0.2, 0) is 15.9 Å². The minimum absolute atomic E-state index is 0.00859. The lowest BCUT2D eigenvalue weighted by Gasteiger charge is -2.13. The minimum Gasteiger partial charge on any atom is -0.460 e. The fourth-order valence-electron chi connectivity index (χ4n) is 1.94. The summed E-state index contributed by atoms with van der Waals surface area (Å²) in [5.41, 5.74) is 12.8. The van der Waals surface area contributed by atoms with Crippen molar-refractivity contribution in [1.82, 2.24) is 0 Å². The van der Waals surface area contributed by atoms with E-state index in [0.717, 1.165) is 18.4 Å². The molecule has 102 valence electrons. The Bertz CT molecular complexity index is 496. The van der Waals surface area contributed by atoms with Gasteiger partial charge in [-0.2, -0.15) is 0 Å². The molecule has 6 nitrogen and oxygen atoms in total. The maximum absolute atomic E-state index is 11.9. The lowest BCUT2D eigenvalue weighted by molar-refractivity contribution is 0.0301. The summed E-state index contributed by atoms with van der Waals surface area (Å²) in [6.07, 6.45) is 1.56. The standard InChI is InChI=1S/C13H17N3O3/c14-13(15)16-10-3-4-11-9(8-10)2-1-5-18-6-7-19-12(11)17/h3-4,8H,1-2,5-7H2,(H4,14,15,16). The number of carbonyl (C=O) groups is 1. The zero-order valence-electron chi connectivity index (χ0n) is 10.6. The summed E-state index contributed by atoms with van der Waals surface area (Å²) >= 11 is 0. The van der Waals surface area contributed by atoms with E-state index in [9.17, 15) is 4.79 Å². The minimum atomic E-state index is -0.336. The molecule has 0 unspecified atom stereocenters. The molecular weight excluding hydrogens is 246 g/mol. The molecule has 0 saturated heterocycles. The highest BCUT2D eigenvalue weighted by atomic mass is 16.6. The third-order valence-electron chi connectivity index (χ3n) is 2.76. The monoisotopic (exact) mass is 263 g/mol. The van der Waals surface area contributed by atoms with Crippen LogP contribution < -0.4 is 11.5 Å². The number of aliphatic imine (C=N–C) groups is 1. The number of cyclic esters (lactones) is 1. The Labute approximate surface area is 111 Å². The van der Waals surface area contributed by atoms with Gasteiger partial charge < -0.3 is 20.9 Å². The molecule has 0 fully saturated rings. The van der Waals surface area contributed by atoms with Crippen molar-refractivity contribution in [2.75, 3.05) is 19.8 Å². The van der Waals surface area contributed by atoms with Crippen LogP contribution in [0.15, 0.2) is 23.2 Å². The van der Waals surface area contributed by atoms with Crippen LogP contribution in [0, 0.1) is 0 Å². The van der Waals surface area contributed by atoms with E-state index in [2.05, 4.69) is 4.99 Å². The molecule has 0 amide bonds. The van der Waals surface area contributed by atoms with E-state index < -0.39 is 0 Å². The molecule has 0 atom stereocenters. The zero-order valence-corrected chi connectivity index (χ0v) is 10.6. The van der Waals surface area contributed by atoms with Gasteiger partial charge in [0.1, 0.15) is 6.61 Å². The summed E-state index contributed by atoms with van der Waals surface area (Å²) in [6, 6.07) is 5.20. The van der Waals surface area contributed by atoms with Crippen molar-refractivity contribution < 1.29 is 14.3 Å². The molecule has 19 heavy (non-hydrogen) atoms. The van der Waals surface area contributed by atoms with Crippen LogP contribution in [0.2, 0.25) is 0 Å². The molecule has 1 heterocycles.